The average Bonchev–Trinajstić information content (AvgIpc) is 3.22. The van der Waals surface area contributed by atoms with Gasteiger partial charge in [-0.3, -0.25) is 4.79 Å². The third-order valence-electron chi connectivity index (χ3n) is 5.38. The van der Waals surface area contributed by atoms with Crippen LogP contribution in [0.4, 0.5) is 5.69 Å². The summed E-state index contributed by atoms with van der Waals surface area (Å²) >= 11 is 0. The van der Waals surface area contributed by atoms with E-state index in [4.69, 9.17) is 14.2 Å². The summed E-state index contributed by atoms with van der Waals surface area (Å²) in [6.45, 7) is 2.75. The number of ether oxygens (including phenoxy) is 3. The van der Waals surface area contributed by atoms with Crippen LogP contribution < -0.4 is 14.2 Å². The van der Waals surface area contributed by atoms with Gasteiger partial charge >= 0.3 is 0 Å². The lowest BCUT2D eigenvalue weighted by Crippen LogP contribution is -2.34. The normalized spacial score (nSPS) is 16.3. The van der Waals surface area contributed by atoms with Crippen LogP contribution in [0.15, 0.2) is 41.6 Å². The van der Waals surface area contributed by atoms with Crippen LogP contribution in [0.3, 0.4) is 0 Å². The van der Waals surface area contributed by atoms with Gasteiger partial charge in [-0.15, -0.1) is 4.91 Å². The minimum atomic E-state index is -0.0863. The predicted octanol–water partition coefficient (Wildman–Crippen LogP) is 4.66. The summed E-state index contributed by atoms with van der Waals surface area (Å²) in [6, 6.07) is 10.6. The SMILES string of the molecule is COc1ccc(/C(=C\c2cc(OC)c(OC)cc2N=O)C(=O)N2CCC[C@H]2C)cc1. The summed E-state index contributed by atoms with van der Waals surface area (Å²) in [4.78, 5) is 26.8. The highest BCUT2D eigenvalue weighted by Gasteiger charge is 2.28. The first kappa shape index (κ1) is 21.4. The van der Waals surface area contributed by atoms with Crippen LogP contribution in [-0.2, 0) is 4.79 Å². The third-order valence-corrected chi connectivity index (χ3v) is 5.38. The highest BCUT2D eigenvalue weighted by molar-refractivity contribution is 6.24. The van der Waals surface area contributed by atoms with Crippen molar-refractivity contribution in [2.45, 2.75) is 25.8 Å². The Bertz CT molecular complexity index is 953. The fourth-order valence-corrected chi connectivity index (χ4v) is 3.66. The van der Waals surface area contributed by atoms with Crippen molar-refractivity contribution in [2.75, 3.05) is 27.9 Å². The fraction of sp³-hybridized carbons (Fsp3) is 0.348. The van der Waals surface area contributed by atoms with Crippen LogP contribution in [0, 0.1) is 4.91 Å². The Hall–Kier alpha value is -3.35. The summed E-state index contributed by atoms with van der Waals surface area (Å²) in [5.41, 5.74) is 1.85. The highest BCUT2D eigenvalue weighted by atomic mass is 16.5. The Kier molecular flexibility index (Phi) is 6.72. The van der Waals surface area contributed by atoms with Gasteiger partial charge in [0, 0.05) is 29.8 Å². The molecule has 0 N–H and O–H groups in total. The molecule has 0 bridgehead atoms. The van der Waals surface area contributed by atoms with E-state index in [1.165, 1.54) is 20.3 Å². The molecule has 1 atom stereocenters. The molecule has 2 aromatic rings. The number of carbonyl (C=O) groups excluding carboxylic acids is 1. The zero-order chi connectivity index (χ0) is 21.7. The van der Waals surface area contributed by atoms with E-state index in [-0.39, 0.29) is 17.6 Å². The van der Waals surface area contributed by atoms with E-state index in [9.17, 15) is 9.70 Å². The second-order valence-electron chi connectivity index (χ2n) is 7.13. The molecule has 3 rings (SSSR count). The summed E-state index contributed by atoms with van der Waals surface area (Å²) in [7, 11) is 4.60. The van der Waals surface area contributed by atoms with Gasteiger partial charge in [-0.1, -0.05) is 12.1 Å². The van der Waals surface area contributed by atoms with Gasteiger partial charge in [0.2, 0.25) is 0 Å². The number of hydrogen-bond donors (Lipinski definition) is 0. The van der Waals surface area contributed by atoms with E-state index in [2.05, 4.69) is 5.18 Å². The van der Waals surface area contributed by atoms with Crippen LogP contribution in [0.1, 0.15) is 30.9 Å². The molecule has 2 aromatic carbocycles. The van der Waals surface area contributed by atoms with E-state index in [1.54, 1.807) is 31.4 Å². The first-order valence-electron chi connectivity index (χ1n) is 9.78. The number of rotatable bonds is 7. The second-order valence-corrected chi connectivity index (χ2v) is 7.13. The maximum absolute atomic E-state index is 13.5. The molecule has 1 saturated heterocycles. The molecular formula is C23H26N2O5. The van der Waals surface area contributed by atoms with Gasteiger partial charge in [0.25, 0.3) is 5.91 Å². The van der Waals surface area contributed by atoms with Gasteiger partial charge < -0.3 is 19.1 Å². The minimum Gasteiger partial charge on any atom is -0.497 e. The van der Waals surface area contributed by atoms with Crippen molar-refractivity contribution in [2.24, 2.45) is 5.18 Å². The number of carbonyl (C=O) groups is 1. The Balaban J connectivity index is 2.14. The Labute approximate surface area is 176 Å². The lowest BCUT2D eigenvalue weighted by atomic mass is 9.99. The first-order valence-corrected chi connectivity index (χ1v) is 9.78. The van der Waals surface area contributed by atoms with Crippen molar-refractivity contribution in [3.8, 4) is 17.2 Å². The van der Waals surface area contributed by atoms with Crippen LogP contribution in [0.5, 0.6) is 17.2 Å². The zero-order valence-electron chi connectivity index (χ0n) is 17.7. The summed E-state index contributed by atoms with van der Waals surface area (Å²) < 4.78 is 15.9. The van der Waals surface area contributed by atoms with E-state index >= 15 is 0 Å². The second kappa shape index (κ2) is 9.43. The van der Waals surface area contributed by atoms with Crippen molar-refractivity contribution in [1.82, 2.24) is 4.90 Å². The van der Waals surface area contributed by atoms with Gasteiger partial charge in [0.05, 0.1) is 21.3 Å². The summed E-state index contributed by atoms with van der Waals surface area (Å²) in [6.07, 6.45) is 3.63. The molecule has 0 radical (unpaired) electrons. The third kappa shape index (κ3) is 4.30. The average molecular weight is 410 g/mol. The Morgan fingerprint density at radius 1 is 1.07 bits per heavy atom. The number of amides is 1. The molecule has 30 heavy (non-hydrogen) atoms. The molecule has 1 fully saturated rings. The number of methoxy groups -OCH3 is 3. The number of hydrogen-bond acceptors (Lipinski definition) is 6. The summed E-state index contributed by atoms with van der Waals surface area (Å²) in [5.74, 6) is 1.46. The fourth-order valence-electron chi connectivity index (χ4n) is 3.66. The Morgan fingerprint density at radius 3 is 2.27 bits per heavy atom. The number of likely N-dealkylation sites (tertiary alicyclic amines) is 1. The van der Waals surface area contributed by atoms with E-state index in [1.807, 2.05) is 24.0 Å². The van der Waals surface area contributed by atoms with E-state index < -0.39 is 0 Å². The molecule has 158 valence electrons. The highest BCUT2D eigenvalue weighted by Crippen LogP contribution is 2.37. The van der Waals surface area contributed by atoms with Crippen LogP contribution in [0.25, 0.3) is 11.6 Å². The van der Waals surface area contributed by atoms with Crippen molar-refractivity contribution >= 4 is 23.2 Å². The number of nitroso groups, excluding NO2 is 1. The predicted molar refractivity (Wildman–Crippen MR) is 116 cm³/mol. The molecular weight excluding hydrogens is 384 g/mol. The van der Waals surface area contributed by atoms with Crippen molar-refractivity contribution < 1.29 is 19.0 Å². The topological polar surface area (TPSA) is 77.4 Å². The summed E-state index contributed by atoms with van der Waals surface area (Å²) in [5, 5.41) is 3.13. The van der Waals surface area contributed by atoms with Gasteiger partial charge in [-0.25, -0.2) is 0 Å². The molecule has 0 aromatic heterocycles. The van der Waals surface area contributed by atoms with Gasteiger partial charge in [-0.05, 0) is 54.8 Å². The first-order chi connectivity index (χ1) is 14.5. The molecule has 1 aliphatic heterocycles. The molecule has 1 aliphatic rings. The lowest BCUT2D eigenvalue weighted by Gasteiger charge is -2.23. The maximum Gasteiger partial charge on any atom is 0.254 e. The number of nitrogens with zero attached hydrogens (tertiary/aromatic N) is 2. The molecule has 7 nitrogen and oxygen atoms in total. The molecule has 0 saturated carbocycles. The van der Waals surface area contributed by atoms with Crippen LogP contribution >= 0.6 is 0 Å². The monoisotopic (exact) mass is 410 g/mol. The quantitative estimate of drug-likeness (QED) is 0.377. The molecule has 0 spiro atoms. The molecule has 0 aliphatic carbocycles. The van der Waals surface area contributed by atoms with Crippen molar-refractivity contribution in [3.05, 3.63) is 52.4 Å². The van der Waals surface area contributed by atoms with Crippen molar-refractivity contribution in [1.29, 1.82) is 0 Å². The van der Waals surface area contributed by atoms with Gasteiger partial charge in [0.15, 0.2) is 11.5 Å². The van der Waals surface area contributed by atoms with Gasteiger partial charge in [0.1, 0.15) is 11.4 Å². The minimum absolute atomic E-state index is 0.0863. The molecule has 1 amide bonds. The largest absolute Gasteiger partial charge is 0.497 e. The Morgan fingerprint density at radius 2 is 1.73 bits per heavy atom. The van der Waals surface area contributed by atoms with E-state index in [0.29, 0.717) is 34.9 Å². The van der Waals surface area contributed by atoms with Gasteiger partial charge in [-0.2, -0.15) is 0 Å². The molecule has 0 unspecified atom stereocenters. The smallest absolute Gasteiger partial charge is 0.254 e. The van der Waals surface area contributed by atoms with E-state index in [0.717, 1.165) is 18.4 Å². The standard InChI is InChI=1S/C23H26N2O5/c1-15-6-5-11-25(15)23(26)19(16-7-9-18(28-2)10-8-16)12-17-13-21(29-3)22(30-4)14-20(17)24-27/h7-10,12-15H,5-6,11H2,1-4H3/b19-12+/t15-/m1/s1. The maximum atomic E-state index is 13.5. The number of benzene rings is 2. The zero-order valence-corrected chi connectivity index (χ0v) is 17.7. The molecule has 1 heterocycles. The van der Waals surface area contributed by atoms with Crippen LogP contribution in [-0.4, -0.2) is 44.7 Å². The van der Waals surface area contributed by atoms with Crippen molar-refractivity contribution in [3.63, 3.8) is 0 Å². The van der Waals surface area contributed by atoms with Crippen LogP contribution in [0.2, 0.25) is 0 Å². The lowest BCUT2D eigenvalue weighted by molar-refractivity contribution is -0.125. The molecule has 7 heteroatoms.